The molecule has 37 heavy (non-hydrogen) atoms. The summed E-state index contributed by atoms with van der Waals surface area (Å²) in [4.78, 5) is 48.8. The van der Waals surface area contributed by atoms with Crippen molar-refractivity contribution in [1.82, 2.24) is 0 Å². The van der Waals surface area contributed by atoms with Crippen molar-refractivity contribution in [1.29, 1.82) is 0 Å². The smallest absolute Gasteiger partial charge is 0.323 e. The molecule has 9 nitrogen and oxygen atoms in total. The number of hydrogen-bond acceptors (Lipinski definition) is 9. The molecule has 0 heterocycles. The number of carbonyl (C=O) groups is 4. The van der Waals surface area contributed by atoms with Crippen molar-refractivity contribution in [2.75, 3.05) is 6.61 Å². The summed E-state index contributed by atoms with van der Waals surface area (Å²) in [5.41, 5.74) is 6.65. The molecule has 0 amide bonds. The van der Waals surface area contributed by atoms with Gasteiger partial charge in [0, 0.05) is 19.3 Å². The highest BCUT2D eigenvalue weighted by Gasteiger charge is 2.22. The van der Waals surface area contributed by atoms with Gasteiger partial charge in [-0.3, -0.25) is 19.2 Å². The standard InChI is InChI=1S/C28H43NO8/c1-7-10-25(30)34-17-20(6)35-28(33)22(29)15-21-11-12-23(36-26(31)13-18(4)8-2)24(16-21)37-27(32)14-19(5)9-3/h11-12,16,18-20,22H,7-10,13-15,17,29H2,1-6H3/t18?,19?,20-,22-/m0/s1. The van der Waals surface area contributed by atoms with Crippen molar-refractivity contribution < 1.29 is 38.1 Å². The third-order valence-electron chi connectivity index (χ3n) is 5.89. The van der Waals surface area contributed by atoms with E-state index in [1.54, 1.807) is 19.1 Å². The lowest BCUT2D eigenvalue weighted by Crippen LogP contribution is -2.37. The second-order valence-corrected chi connectivity index (χ2v) is 9.66. The average molecular weight is 522 g/mol. The molecule has 1 aromatic carbocycles. The third kappa shape index (κ3) is 12.7. The Hall–Kier alpha value is -2.94. The maximum Gasteiger partial charge on any atom is 0.323 e. The van der Waals surface area contributed by atoms with Crippen molar-refractivity contribution >= 4 is 23.9 Å². The van der Waals surface area contributed by atoms with Crippen LogP contribution in [-0.4, -0.2) is 42.6 Å². The summed E-state index contributed by atoms with van der Waals surface area (Å²) in [5.74, 6) is -1.35. The monoisotopic (exact) mass is 521 g/mol. The minimum Gasteiger partial charge on any atom is -0.462 e. The molecule has 0 aromatic heterocycles. The number of esters is 4. The van der Waals surface area contributed by atoms with Crippen molar-refractivity contribution in [2.24, 2.45) is 17.6 Å². The molecule has 0 saturated carbocycles. The van der Waals surface area contributed by atoms with E-state index in [2.05, 4.69) is 0 Å². The Morgan fingerprint density at radius 2 is 1.41 bits per heavy atom. The van der Waals surface area contributed by atoms with Crippen LogP contribution in [0.15, 0.2) is 18.2 Å². The molecule has 1 aromatic rings. The first-order valence-corrected chi connectivity index (χ1v) is 13.1. The maximum atomic E-state index is 12.5. The van der Waals surface area contributed by atoms with Crippen LogP contribution in [0.4, 0.5) is 0 Å². The summed E-state index contributed by atoms with van der Waals surface area (Å²) in [6, 6.07) is 3.73. The zero-order valence-corrected chi connectivity index (χ0v) is 23.0. The Balaban J connectivity index is 2.92. The molecule has 0 radical (unpaired) electrons. The van der Waals surface area contributed by atoms with E-state index < -0.39 is 30.1 Å². The Bertz CT molecular complexity index is 900. The summed E-state index contributed by atoms with van der Waals surface area (Å²) in [6.45, 7) is 11.3. The predicted octanol–water partition coefficient (Wildman–Crippen LogP) is 4.51. The highest BCUT2D eigenvalue weighted by Crippen LogP contribution is 2.30. The second kappa shape index (κ2) is 16.7. The molecule has 0 fully saturated rings. The number of carbonyl (C=O) groups excluding carboxylic acids is 4. The van der Waals surface area contributed by atoms with E-state index in [4.69, 9.17) is 24.7 Å². The average Bonchev–Trinajstić information content (AvgIpc) is 2.84. The number of nitrogens with two attached hydrogens (primary N) is 1. The first-order chi connectivity index (χ1) is 17.5. The molecule has 0 bridgehead atoms. The quantitative estimate of drug-likeness (QED) is 0.246. The largest absolute Gasteiger partial charge is 0.462 e. The van der Waals surface area contributed by atoms with Crippen LogP contribution in [0.5, 0.6) is 11.5 Å². The van der Waals surface area contributed by atoms with Crippen molar-refractivity contribution in [3.05, 3.63) is 23.8 Å². The highest BCUT2D eigenvalue weighted by molar-refractivity contribution is 5.77. The molecular weight excluding hydrogens is 478 g/mol. The van der Waals surface area contributed by atoms with Crippen LogP contribution in [0.1, 0.15) is 85.6 Å². The molecule has 0 aliphatic heterocycles. The maximum absolute atomic E-state index is 12.5. The molecule has 2 N–H and O–H groups in total. The summed E-state index contributed by atoms with van der Waals surface area (Å²) >= 11 is 0. The Kier molecular flexibility index (Phi) is 14.5. The van der Waals surface area contributed by atoms with Gasteiger partial charge in [-0.15, -0.1) is 0 Å². The van der Waals surface area contributed by atoms with Crippen molar-refractivity contribution in [3.63, 3.8) is 0 Å². The van der Waals surface area contributed by atoms with E-state index >= 15 is 0 Å². The van der Waals surface area contributed by atoms with Gasteiger partial charge in [-0.25, -0.2) is 0 Å². The molecule has 0 aliphatic carbocycles. The number of ether oxygens (including phenoxy) is 4. The number of rotatable bonds is 16. The van der Waals surface area contributed by atoms with E-state index in [1.165, 1.54) is 6.07 Å². The molecular formula is C28H43NO8. The van der Waals surface area contributed by atoms with Crippen LogP contribution in [0.2, 0.25) is 0 Å². The van der Waals surface area contributed by atoms with Gasteiger partial charge in [0.05, 0.1) is 0 Å². The van der Waals surface area contributed by atoms with E-state index in [0.717, 1.165) is 12.8 Å². The fraction of sp³-hybridized carbons (Fsp3) is 0.643. The summed E-state index contributed by atoms with van der Waals surface area (Å²) < 4.78 is 21.4. The first kappa shape index (κ1) is 32.1. The van der Waals surface area contributed by atoms with Gasteiger partial charge >= 0.3 is 23.9 Å². The summed E-state index contributed by atoms with van der Waals surface area (Å²) in [5, 5.41) is 0. The lowest BCUT2D eigenvalue weighted by Gasteiger charge is -2.18. The fourth-order valence-electron chi connectivity index (χ4n) is 3.17. The number of hydrogen-bond donors (Lipinski definition) is 1. The first-order valence-electron chi connectivity index (χ1n) is 13.1. The third-order valence-corrected chi connectivity index (χ3v) is 5.89. The van der Waals surface area contributed by atoms with Gasteiger partial charge in [-0.2, -0.15) is 0 Å². The Morgan fingerprint density at radius 1 is 0.838 bits per heavy atom. The highest BCUT2D eigenvalue weighted by atomic mass is 16.6. The van der Waals surface area contributed by atoms with Crippen LogP contribution in [0.25, 0.3) is 0 Å². The van der Waals surface area contributed by atoms with Gasteiger partial charge in [0.25, 0.3) is 0 Å². The van der Waals surface area contributed by atoms with Gasteiger partial charge in [0.1, 0.15) is 18.8 Å². The van der Waals surface area contributed by atoms with E-state index in [1.807, 2.05) is 34.6 Å². The summed E-state index contributed by atoms with van der Waals surface area (Å²) in [7, 11) is 0. The van der Waals surface area contributed by atoms with Crippen LogP contribution in [0, 0.1) is 11.8 Å². The predicted molar refractivity (Wildman–Crippen MR) is 139 cm³/mol. The molecule has 0 aliphatic rings. The zero-order valence-electron chi connectivity index (χ0n) is 23.0. The van der Waals surface area contributed by atoms with Crippen LogP contribution < -0.4 is 15.2 Å². The van der Waals surface area contributed by atoms with Crippen LogP contribution >= 0.6 is 0 Å². The normalized spacial score (nSPS) is 14.1. The fourth-order valence-corrected chi connectivity index (χ4v) is 3.17. The van der Waals surface area contributed by atoms with E-state index in [-0.39, 0.29) is 55.2 Å². The van der Waals surface area contributed by atoms with Crippen LogP contribution in [0.3, 0.4) is 0 Å². The van der Waals surface area contributed by atoms with Crippen molar-refractivity contribution in [2.45, 2.75) is 98.6 Å². The Morgan fingerprint density at radius 3 is 1.95 bits per heavy atom. The van der Waals surface area contributed by atoms with Gasteiger partial charge in [-0.05, 0) is 49.3 Å². The zero-order chi connectivity index (χ0) is 28.0. The van der Waals surface area contributed by atoms with E-state index in [0.29, 0.717) is 18.4 Å². The van der Waals surface area contributed by atoms with E-state index in [9.17, 15) is 19.2 Å². The minimum atomic E-state index is -1.00. The van der Waals surface area contributed by atoms with Gasteiger partial charge < -0.3 is 24.7 Å². The van der Waals surface area contributed by atoms with Crippen LogP contribution in [-0.2, 0) is 35.1 Å². The lowest BCUT2D eigenvalue weighted by molar-refractivity contribution is -0.159. The molecule has 0 spiro atoms. The topological polar surface area (TPSA) is 131 Å². The Labute approximate surface area is 220 Å². The van der Waals surface area contributed by atoms with Gasteiger partial charge in [-0.1, -0.05) is 53.5 Å². The molecule has 9 heteroatoms. The molecule has 2 unspecified atom stereocenters. The van der Waals surface area contributed by atoms with Gasteiger partial charge in [0.2, 0.25) is 0 Å². The van der Waals surface area contributed by atoms with Gasteiger partial charge in [0.15, 0.2) is 11.5 Å². The summed E-state index contributed by atoms with van der Waals surface area (Å²) in [6.07, 6.45) is 2.52. The van der Waals surface area contributed by atoms with Crippen molar-refractivity contribution in [3.8, 4) is 11.5 Å². The SMILES string of the molecule is CCCC(=O)OC[C@H](C)OC(=O)[C@@H](N)Cc1ccc(OC(=O)CC(C)CC)c(OC(=O)CC(C)CC)c1. The molecule has 208 valence electrons. The molecule has 1 rings (SSSR count). The minimum absolute atomic E-state index is 0.0513. The lowest BCUT2D eigenvalue weighted by atomic mass is 10.0. The molecule has 0 saturated heterocycles. The second-order valence-electron chi connectivity index (χ2n) is 9.66. The molecule has 4 atom stereocenters. The number of benzene rings is 1.